The van der Waals surface area contributed by atoms with Crippen LogP contribution in [0, 0.1) is 19.8 Å². The SMILES string of the molecule is COc1c(C)cc(C)c(Cl)c1CC(C)C(=O)O. The first-order chi connectivity index (χ1) is 7.88. The molecule has 0 aliphatic heterocycles. The van der Waals surface area contributed by atoms with Crippen molar-refractivity contribution >= 4 is 17.6 Å². The lowest BCUT2D eigenvalue weighted by molar-refractivity contribution is -0.141. The van der Waals surface area contributed by atoms with Crippen molar-refractivity contribution in [3.05, 3.63) is 27.8 Å². The summed E-state index contributed by atoms with van der Waals surface area (Å²) < 4.78 is 5.32. The fourth-order valence-corrected chi connectivity index (χ4v) is 2.11. The highest BCUT2D eigenvalue weighted by Gasteiger charge is 2.19. The lowest BCUT2D eigenvalue weighted by atomic mass is 9.96. The van der Waals surface area contributed by atoms with E-state index in [1.165, 1.54) is 0 Å². The Kier molecular flexibility index (Phi) is 4.40. The average Bonchev–Trinajstić information content (AvgIpc) is 2.25. The number of methoxy groups -OCH3 is 1. The Morgan fingerprint density at radius 3 is 2.53 bits per heavy atom. The van der Waals surface area contributed by atoms with Gasteiger partial charge in [-0.25, -0.2) is 0 Å². The van der Waals surface area contributed by atoms with E-state index in [1.54, 1.807) is 14.0 Å². The van der Waals surface area contributed by atoms with E-state index in [0.717, 1.165) is 16.7 Å². The maximum atomic E-state index is 10.9. The van der Waals surface area contributed by atoms with E-state index in [9.17, 15) is 4.79 Å². The zero-order valence-corrected chi connectivity index (χ0v) is 11.3. The molecule has 4 heteroatoms. The van der Waals surface area contributed by atoms with Crippen LogP contribution in [0.1, 0.15) is 23.6 Å². The van der Waals surface area contributed by atoms with Crippen LogP contribution in [-0.4, -0.2) is 18.2 Å². The lowest BCUT2D eigenvalue weighted by Crippen LogP contribution is -2.13. The number of carboxylic acids is 1. The van der Waals surface area contributed by atoms with Crippen LogP contribution in [0.5, 0.6) is 5.75 Å². The standard InChI is InChI=1S/C13H17ClO3/c1-7-5-8(2)12(17-4)10(11(7)14)6-9(3)13(15)16/h5,9H,6H2,1-4H3,(H,15,16). The van der Waals surface area contributed by atoms with E-state index in [2.05, 4.69) is 0 Å². The van der Waals surface area contributed by atoms with Gasteiger partial charge in [-0.2, -0.15) is 0 Å². The number of carboxylic acid groups (broad SMARTS) is 1. The molecule has 1 unspecified atom stereocenters. The summed E-state index contributed by atoms with van der Waals surface area (Å²) in [5.41, 5.74) is 2.70. The molecule has 0 radical (unpaired) electrons. The summed E-state index contributed by atoms with van der Waals surface area (Å²) in [6, 6.07) is 1.94. The molecule has 0 saturated heterocycles. The monoisotopic (exact) mass is 256 g/mol. The number of hydrogen-bond acceptors (Lipinski definition) is 2. The van der Waals surface area contributed by atoms with Crippen molar-refractivity contribution < 1.29 is 14.6 Å². The van der Waals surface area contributed by atoms with Gasteiger partial charge in [-0.05, 0) is 31.4 Å². The predicted octanol–water partition coefficient (Wildman–Crippen LogP) is 3.23. The first-order valence-electron chi connectivity index (χ1n) is 5.43. The van der Waals surface area contributed by atoms with E-state index < -0.39 is 11.9 Å². The molecule has 0 aromatic heterocycles. The van der Waals surface area contributed by atoms with Crippen molar-refractivity contribution in [3.8, 4) is 5.75 Å². The van der Waals surface area contributed by atoms with Gasteiger partial charge in [0.1, 0.15) is 5.75 Å². The zero-order chi connectivity index (χ0) is 13.2. The van der Waals surface area contributed by atoms with Crippen molar-refractivity contribution in [2.75, 3.05) is 7.11 Å². The highest BCUT2D eigenvalue weighted by molar-refractivity contribution is 6.32. The Morgan fingerprint density at radius 1 is 1.47 bits per heavy atom. The number of ether oxygens (including phenoxy) is 1. The van der Waals surface area contributed by atoms with Crippen LogP contribution in [0.25, 0.3) is 0 Å². The minimum absolute atomic E-state index is 0.375. The van der Waals surface area contributed by atoms with Crippen molar-refractivity contribution in [1.82, 2.24) is 0 Å². The smallest absolute Gasteiger partial charge is 0.306 e. The van der Waals surface area contributed by atoms with Crippen molar-refractivity contribution in [3.63, 3.8) is 0 Å². The topological polar surface area (TPSA) is 46.5 Å². The predicted molar refractivity (Wildman–Crippen MR) is 68.0 cm³/mol. The third kappa shape index (κ3) is 2.91. The summed E-state index contributed by atoms with van der Waals surface area (Å²) in [6.07, 6.45) is 0.375. The second-order valence-electron chi connectivity index (χ2n) is 4.28. The lowest BCUT2D eigenvalue weighted by Gasteiger charge is -2.16. The van der Waals surface area contributed by atoms with E-state index >= 15 is 0 Å². The van der Waals surface area contributed by atoms with Gasteiger partial charge >= 0.3 is 5.97 Å². The minimum atomic E-state index is -0.831. The number of halogens is 1. The summed E-state index contributed by atoms with van der Waals surface area (Å²) in [6.45, 7) is 5.50. The molecule has 1 N–H and O–H groups in total. The van der Waals surface area contributed by atoms with E-state index in [-0.39, 0.29) is 0 Å². The maximum Gasteiger partial charge on any atom is 0.306 e. The van der Waals surface area contributed by atoms with E-state index in [1.807, 2.05) is 19.9 Å². The van der Waals surface area contributed by atoms with E-state index in [4.69, 9.17) is 21.4 Å². The summed E-state index contributed by atoms with van der Waals surface area (Å²) in [4.78, 5) is 10.9. The van der Waals surface area contributed by atoms with Crippen LogP contribution in [0.15, 0.2) is 6.07 Å². The van der Waals surface area contributed by atoms with Crippen LogP contribution in [-0.2, 0) is 11.2 Å². The number of rotatable bonds is 4. The fraction of sp³-hybridized carbons (Fsp3) is 0.462. The second kappa shape index (κ2) is 5.41. The first kappa shape index (κ1) is 13.8. The average molecular weight is 257 g/mol. The largest absolute Gasteiger partial charge is 0.496 e. The van der Waals surface area contributed by atoms with Crippen LogP contribution < -0.4 is 4.74 Å². The molecule has 1 aromatic carbocycles. The fourth-order valence-electron chi connectivity index (χ4n) is 1.89. The Morgan fingerprint density at radius 2 is 2.06 bits per heavy atom. The molecule has 0 bridgehead atoms. The van der Waals surface area contributed by atoms with Gasteiger partial charge in [-0.1, -0.05) is 24.6 Å². The summed E-state index contributed by atoms with van der Waals surface area (Å²) in [7, 11) is 1.57. The molecule has 0 aliphatic rings. The Labute approximate surface area is 106 Å². The van der Waals surface area contributed by atoms with Gasteiger partial charge < -0.3 is 9.84 Å². The number of hydrogen-bond donors (Lipinski definition) is 1. The third-order valence-electron chi connectivity index (χ3n) is 2.81. The second-order valence-corrected chi connectivity index (χ2v) is 4.66. The quantitative estimate of drug-likeness (QED) is 0.900. The molecule has 0 heterocycles. The highest BCUT2D eigenvalue weighted by atomic mass is 35.5. The summed E-state index contributed by atoms with van der Waals surface area (Å²) >= 11 is 6.22. The third-order valence-corrected chi connectivity index (χ3v) is 3.34. The van der Waals surface area contributed by atoms with Gasteiger partial charge in [0.2, 0.25) is 0 Å². The molecule has 0 fully saturated rings. The summed E-state index contributed by atoms with van der Waals surface area (Å²) in [5.74, 6) is -0.626. The maximum absolute atomic E-state index is 10.9. The number of benzene rings is 1. The van der Waals surface area contributed by atoms with Crippen LogP contribution >= 0.6 is 11.6 Å². The van der Waals surface area contributed by atoms with Gasteiger partial charge in [0.15, 0.2) is 0 Å². The zero-order valence-electron chi connectivity index (χ0n) is 10.5. The van der Waals surface area contributed by atoms with Gasteiger partial charge in [-0.15, -0.1) is 0 Å². The number of aliphatic carboxylic acids is 1. The van der Waals surface area contributed by atoms with Crippen molar-refractivity contribution in [2.45, 2.75) is 27.2 Å². The van der Waals surface area contributed by atoms with Crippen LogP contribution in [0.2, 0.25) is 5.02 Å². The number of carbonyl (C=O) groups is 1. The Hall–Kier alpha value is -1.22. The van der Waals surface area contributed by atoms with Gasteiger partial charge in [0, 0.05) is 5.56 Å². The molecular formula is C13H17ClO3. The van der Waals surface area contributed by atoms with Crippen LogP contribution in [0.4, 0.5) is 0 Å². The molecule has 0 saturated carbocycles. The van der Waals surface area contributed by atoms with Crippen LogP contribution in [0.3, 0.4) is 0 Å². The number of aryl methyl sites for hydroxylation is 2. The normalized spacial score (nSPS) is 12.3. The van der Waals surface area contributed by atoms with Gasteiger partial charge in [0.25, 0.3) is 0 Å². The molecule has 0 aliphatic carbocycles. The highest BCUT2D eigenvalue weighted by Crippen LogP contribution is 2.34. The Bertz CT molecular complexity index is 441. The molecule has 0 spiro atoms. The van der Waals surface area contributed by atoms with Crippen molar-refractivity contribution in [1.29, 1.82) is 0 Å². The molecule has 1 rings (SSSR count). The first-order valence-corrected chi connectivity index (χ1v) is 5.81. The molecule has 3 nitrogen and oxygen atoms in total. The molecule has 1 atom stereocenters. The molecular weight excluding hydrogens is 240 g/mol. The van der Waals surface area contributed by atoms with E-state index in [0.29, 0.717) is 17.2 Å². The Balaban J connectivity index is 3.25. The van der Waals surface area contributed by atoms with Gasteiger partial charge in [0.05, 0.1) is 18.1 Å². The molecule has 94 valence electrons. The molecule has 0 amide bonds. The van der Waals surface area contributed by atoms with Gasteiger partial charge in [-0.3, -0.25) is 4.79 Å². The van der Waals surface area contributed by atoms with Crippen molar-refractivity contribution in [2.24, 2.45) is 5.92 Å². The summed E-state index contributed by atoms with van der Waals surface area (Å²) in [5, 5.41) is 9.55. The molecule has 1 aromatic rings. The minimum Gasteiger partial charge on any atom is -0.496 e. The molecule has 17 heavy (non-hydrogen) atoms.